The van der Waals surface area contributed by atoms with Gasteiger partial charge in [0.15, 0.2) is 6.61 Å². The van der Waals surface area contributed by atoms with Crippen molar-refractivity contribution >= 4 is 5.97 Å². The highest BCUT2D eigenvalue weighted by Crippen LogP contribution is 2.21. The largest absolute Gasteiger partial charge is 0.489 e. The molecule has 0 amide bonds. The number of esters is 1. The monoisotopic (exact) mass is 399 g/mol. The van der Waals surface area contributed by atoms with Gasteiger partial charge < -0.3 is 14.2 Å². The number of halogens is 1. The summed E-state index contributed by atoms with van der Waals surface area (Å²) in [7, 11) is 1.30. The molecular formula is C22H22FNO5. The Kier molecular flexibility index (Phi) is 6.49. The Balaban J connectivity index is 1.68. The number of carbonyl (C=O) groups is 1. The van der Waals surface area contributed by atoms with E-state index in [2.05, 4.69) is 4.74 Å². The van der Waals surface area contributed by atoms with Crippen LogP contribution in [0.5, 0.6) is 11.5 Å². The van der Waals surface area contributed by atoms with Crippen LogP contribution in [0.25, 0.3) is 5.69 Å². The Bertz CT molecular complexity index is 1010. The van der Waals surface area contributed by atoms with E-state index in [0.717, 1.165) is 11.1 Å². The quantitative estimate of drug-likeness (QED) is 0.669. The second-order valence-corrected chi connectivity index (χ2v) is 6.56. The Morgan fingerprint density at radius 3 is 2.72 bits per heavy atom. The zero-order chi connectivity index (χ0) is 20.8. The lowest BCUT2D eigenvalue weighted by Crippen LogP contribution is -2.17. The van der Waals surface area contributed by atoms with Crippen molar-refractivity contribution in [2.24, 2.45) is 0 Å². The molecule has 0 saturated heterocycles. The lowest BCUT2D eigenvalue weighted by Gasteiger charge is -2.13. The van der Waals surface area contributed by atoms with Gasteiger partial charge in [-0.3, -0.25) is 9.36 Å². The van der Waals surface area contributed by atoms with Crippen LogP contribution in [0.15, 0.2) is 65.1 Å². The summed E-state index contributed by atoms with van der Waals surface area (Å²) < 4.78 is 30.2. The second kappa shape index (κ2) is 9.23. The van der Waals surface area contributed by atoms with Crippen LogP contribution in [0.4, 0.5) is 4.39 Å². The molecule has 1 unspecified atom stereocenters. The Hall–Kier alpha value is -3.35. The summed E-state index contributed by atoms with van der Waals surface area (Å²) in [5.41, 5.74) is 2.07. The number of nitrogens with zero attached hydrogens (tertiary/aromatic N) is 1. The SMILES string of the molecule is COC(=O)COc1ccc(-n2ccc(OCC3=CCC(F)C=C3)cc2=O)cc1C. The molecule has 1 aromatic carbocycles. The number of allylic oxidation sites excluding steroid dienone is 2. The van der Waals surface area contributed by atoms with Gasteiger partial charge in [0, 0.05) is 24.4 Å². The summed E-state index contributed by atoms with van der Waals surface area (Å²) in [6.45, 7) is 1.92. The molecule has 0 spiro atoms. The molecule has 152 valence electrons. The Morgan fingerprint density at radius 2 is 2.07 bits per heavy atom. The fourth-order valence-corrected chi connectivity index (χ4v) is 2.82. The maximum Gasteiger partial charge on any atom is 0.343 e. The third-order valence-electron chi connectivity index (χ3n) is 4.43. The minimum Gasteiger partial charge on any atom is -0.489 e. The van der Waals surface area contributed by atoms with E-state index in [1.807, 2.05) is 6.92 Å². The molecule has 0 N–H and O–H groups in total. The number of hydrogen-bond donors (Lipinski definition) is 0. The van der Waals surface area contributed by atoms with E-state index in [1.54, 1.807) is 42.6 Å². The minimum atomic E-state index is -0.941. The topological polar surface area (TPSA) is 66.8 Å². The molecule has 0 bridgehead atoms. The lowest BCUT2D eigenvalue weighted by atomic mass is 10.1. The maximum atomic E-state index is 13.1. The van der Waals surface area contributed by atoms with Crippen LogP contribution >= 0.6 is 0 Å². The van der Waals surface area contributed by atoms with Crippen LogP contribution in [-0.2, 0) is 9.53 Å². The molecule has 1 aromatic heterocycles. The molecule has 0 radical (unpaired) electrons. The fraction of sp³-hybridized carbons (Fsp3) is 0.273. The van der Waals surface area contributed by atoms with Crippen molar-refractivity contribution in [1.29, 1.82) is 0 Å². The number of aromatic nitrogens is 1. The molecule has 29 heavy (non-hydrogen) atoms. The smallest absolute Gasteiger partial charge is 0.343 e. The van der Waals surface area contributed by atoms with Crippen molar-refractivity contribution in [1.82, 2.24) is 4.57 Å². The predicted octanol–water partition coefficient (Wildman–Crippen LogP) is 3.30. The van der Waals surface area contributed by atoms with Crippen molar-refractivity contribution in [2.45, 2.75) is 19.5 Å². The molecule has 6 nitrogen and oxygen atoms in total. The van der Waals surface area contributed by atoms with Gasteiger partial charge in [0.05, 0.1) is 7.11 Å². The van der Waals surface area contributed by atoms with Crippen LogP contribution in [0.3, 0.4) is 0 Å². The highest BCUT2D eigenvalue weighted by molar-refractivity contribution is 5.71. The van der Waals surface area contributed by atoms with E-state index >= 15 is 0 Å². The zero-order valence-electron chi connectivity index (χ0n) is 16.3. The minimum absolute atomic E-state index is 0.180. The van der Waals surface area contributed by atoms with Crippen LogP contribution in [0, 0.1) is 6.92 Å². The summed E-state index contributed by atoms with van der Waals surface area (Å²) in [4.78, 5) is 23.7. The molecule has 0 fully saturated rings. The fourth-order valence-electron chi connectivity index (χ4n) is 2.82. The van der Waals surface area contributed by atoms with Gasteiger partial charge in [-0.05, 0) is 42.3 Å². The summed E-state index contributed by atoms with van der Waals surface area (Å²) in [5, 5.41) is 0. The Labute approximate surface area is 167 Å². The zero-order valence-corrected chi connectivity index (χ0v) is 16.3. The van der Waals surface area contributed by atoms with E-state index in [9.17, 15) is 14.0 Å². The first-order valence-corrected chi connectivity index (χ1v) is 9.13. The van der Waals surface area contributed by atoms with E-state index < -0.39 is 12.1 Å². The van der Waals surface area contributed by atoms with Gasteiger partial charge in [-0.2, -0.15) is 0 Å². The maximum absolute atomic E-state index is 13.1. The van der Waals surface area contributed by atoms with Gasteiger partial charge in [-0.1, -0.05) is 18.2 Å². The molecule has 1 atom stereocenters. The van der Waals surface area contributed by atoms with Crippen molar-refractivity contribution in [3.05, 3.63) is 76.2 Å². The first-order valence-electron chi connectivity index (χ1n) is 9.13. The van der Waals surface area contributed by atoms with Crippen LogP contribution in [0.1, 0.15) is 12.0 Å². The van der Waals surface area contributed by atoms with Crippen molar-refractivity contribution in [3.8, 4) is 17.2 Å². The normalized spacial score (nSPS) is 15.6. The number of hydrogen-bond acceptors (Lipinski definition) is 5. The van der Waals surface area contributed by atoms with Crippen LogP contribution in [0.2, 0.25) is 0 Å². The summed E-state index contributed by atoms with van der Waals surface area (Å²) >= 11 is 0. The molecule has 0 aliphatic heterocycles. The third kappa shape index (κ3) is 5.34. The van der Waals surface area contributed by atoms with E-state index in [-0.39, 0.29) is 18.8 Å². The summed E-state index contributed by atoms with van der Waals surface area (Å²) in [6, 6.07) is 8.32. The molecule has 3 rings (SSSR count). The van der Waals surface area contributed by atoms with Gasteiger partial charge in [-0.15, -0.1) is 0 Å². The van der Waals surface area contributed by atoms with Gasteiger partial charge in [0.25, 0.3) is 5.56 Å². The second-order valence-electron chi connectivity index (χ2n) is 6.56. The summed E-state index contributed by atoms with van der Waals surface area (Å²) in [6.07, 6.45) is 6.01. The van der Waals surface area contributed by atoms with Gasteiger partial charge in [0.2, 0.25) is 0 Å². The van der Waals surface area contributed by atoms with E-state index in [4.69, 9.17) is 9.47 Å². The first kappa shape index (κ1) is 20.4. The molecule has 1 heterocycles. The number of rotatable bonds is 7. The average Bonchev–Trinajstić information content (AvgIpc) is 2.72. The van der Waals surface area contributed by atoms with E-state index in [0.29, 0.717) is 23.6 Å². The van der Waals surface area contributed by atoms with E-state index in [1.165, 1.54) is 23.8 Å². The van der Waals surface area contributed by atoms with Crippen molar-refractivity contribution in [3.63, 3.8) is 0 Å². The third-order valence-corrected chi connectivity index (χ3v) is 4.43. The highest BCUT2D eigenvalue weighted by Gasteiger charge is 2.09. The highest BCUT2D eigenvalue weighted by atomic mass is 19.1. The number of pyridine rings is 1. The van der Waals surface area contributed by atoms with Crippen molar-refractivity contribution < 1.29 is 23.4 Å². The molecule has 1 aliphatic rings. The number of aryl methyl sites for hydroxylation is 1. The first-order chi connectivity index (χ1) is 14.0. The number of carbonyl (C=O) groups excluding carboxylic acids is 1. The molecular weight excluding hydrogens is 377 g/mol. The Morgan fingerprint density at radius 1 is 1.24 bits per heavy atom. The van der Waals surface area contributed by atoms with Crippen LogP contribution < -0.4 is 15.0 Å². The lowest BCUT2D eigenvalue weighted by molar-refractivity contribution is -0.142. The number of methoxy groups -OCH3 is 1. The predicted molar refractivity (Wildman–Crippen MR) is 107 cm³/mol. The summed E-state index contributed by atoms with van der Waals surface area (Å²) in [5.74, 6) is 0.512. The molecule has 7 heteroatoms. The van der Waals surface area contributed by atoms with Gasteiger partial charge in [-0.25, -0.2) is 9.18 Å². The standard InChI is InChI=1S/C22H22FNO5/c1-15-11-18(7-8-20(15)29-14-22(26)27-2)24-10-9-19(12-21(24)25)28-13-16-3-5-17(23)6-4-16/h3-5,7-12,17H,6,13-14H2,1-2H3. The molecule has 1 aliphatic carbocycles. The van der Waals surface area contributed by atoms with Gasteiger partial charge >= 0.3 is 5.97 Å². The number of alkyl halides is 1. The molecule has 2 aromatic rings. The van der Waals surface area contributed by atoms with Crippen molar-refractivity contribution in [2.75, 3.05) is 20.3 Å². The van der Waals surface area contributed by atoms with Gasteiger partial charge in [0.1, 0.15) is 24.3 Å². The number of benzene rings is 1. The average molecular weight is 399 g/mol. The molecule has 0 saturated carbocycles. The van der Waals surface area contributed by atoms with Crippen LogP contribution in [-0.4, -0.2) is 37.0 Å². The number of ether oxygens (including phenoxy) is 3.